The maximum atomic E-state index is 11.9. The van der Waals surface area contributed by atoms with Crippen molar-refractivity contribution in [2.45, 2.75) is 38.1 Å². The zero-order valence-electron chi connectivity index (χ0n) is 15.9. The van der Waals surface area contributed by atoms with Gasteiger partial charge in [0.2, 0.25) is 0 Å². The normalized spacial score (nSPS) is 18.1. The Labute approximate surface area is 165 Å². The van der Waals surface area contributed by atoms with Crippen LogP contribution in [0, 0.1) is 0 Å². The molecule has 0 bridgehead atoms. The van der Waals surface area contributed by atoms with Gasteiger partial charge in [-0.2, -0.15) is 0 Å². The number of rotatable bonds is 4. The van der Waals surface area contributed by atoms with E-state index in [1.165, 1.54) is 5.57 Å². The van der Waals surface area contributed by atoms with Gasteiger partial charge in [-0.15, -0.1) is 0 Å². The third kappa shape index (κ3) is 4.80. The van der Waals surface area contributed by atoms with Gasteiger partial charge in [-0.05, 0) is 36.1 Å². The molecule has 1 aliphatic carbocycles. The molecule has 146 valence electrons. The Hall–Kier alpha value is -2.63. The Morgan fingerprint density at radius 2 is 1.68 bits per heavy atom. The van der Waals surface area contributed by atoms with Crippen molar-refractivity contribution >= 4 is 17.9 Å². The Balaban J connectivity index is 1.27. The summed E-state index contributed by atoms with van der Waals surface area (Å²) in [4.78, 5) is 11.9. The molecule has 1 saturated carbocycles. The molecule has 5 nitrogen and oxygen atoms in total. The lowest BCUT2D eigenvalue weighted by molar-refractivity contribution is -0.171. The quantitative estimate of drug-likeness (QED) is 0.799. The second-order valence-electron chi connectivity index (χ2n) is 7.22. The number of amides is 1. The molecule has 2 fully saturated rings. The second-order valence-corrected chi connectivity index (χ2v) is 7.22. The first kappa shape index (κ1) is 18.7. The van der Waals surface area contributed by atoms with E-state index in [0.717, 1.165) is 42.5 Å². The molecule has 1 heterocycles. The molecule has 4 rings (SSSR count). The molecule has 0 atom stereocenters. The molecule has 2 aromatic carbocycles. The first-order valence-electron chi connectivity index (χ1n) is 9.76. The fourth-order valence-corrected chi connectivity index (χ4v) is 3.66. The van der Waals surface area contributed by atoms with Crippen LogP contribution in [0.4, 0.5) is 10.5 Å². The highest BCUT2D eigenvalue weighted by Gasteiger charge is 2.38. The van der Waals surface area contributed by atoms with E-state index in [-0.39, 0.29) is 12.4 Å². The molecule has 2 aliphatic rings. The fraction of sp³-hybridized carbons (Fsp3) is 0.348. The van der Waals surface area contributed by atoms with Crippen molar-refractivity contribution in [3.63, 3.8) is 0 Å². The molecule has 1 aliphatic heterocycles. The van der Waals surface area contributed by atoms with Crippen molar-refractivity contribution in [3.05, 3.63) is 71.3 Å². The van der Waals surface area contributed by atoms with Gasteiger partial charge >= 0.3 is 6.09 Å². The standard InChI is InChI=1S/C23H25NO4/c25-22(26-17-20-4-2-1-3-5-20)24-21-8-6-18(7-9-21)16-19-10-12-23(13-11-19)27-14-15-28-23/h1-9,16H,10-15,17H2,(H,24,25). The molecule has 0 aromatic heterocycles. The molecule has 1 amide bonds. The third-order valence-corrected chi connectivity index (χ3v) is 5.21. The van der Waals surface area contributed by atoms with E-state index in [0.29, 0.717) is 13.2 Å². The lowest BCUT2D eigenvalue weighted by Crippen LogP contribution is -2.33. The van der Waals surface area contributed by atoms with Crippen molar-refractivity contribution in [1.82, 2.24) is 0 Å². The topological polar surface area (TPSA) is 56.8 Å². The van der Waals surface area contributed by atoms with Crippen molar-refractivity contribution in [1.29, 1.82) is 0 Å². The maximum Gasteiger partial charge on any atom is 0.411 e. The van der Waals surface area contributed by atoms with Crippen molar-refractivity contribution < 1.29 is 19.0 Å². The predicted octanol–water partition coefficient (Wildman–Crippen LogP) is 5.14. The van der Waals surface area contributed by atoms with Crippen LogP contribution >= 0.6 is 0 Å². The van der Waals surface area contributed by atoms with Gasteiger partial charge in [0.25, 0.3) is 0 Å². The number of anilines is 1. The Bertz CT molecular complexity index is 811. The number of allylic oxidation sites excluding steroid dienone is 1. The fourth-order valence-electron chi connectivity index (χ4n) is 3.66. The van der Waals surface area contributed by atoms with Gasteiger partial charge in [0, 0.05) is 18.5 Å². The van der Waals surface area contributed by atoms with E-state index in [1.807, 2.05) is 54.6 Å². The maximum absolute atomic E-state index is 11.9. The number of hydrogen-bond donors (Lipinski definition) is 1. The highest BCUT2D eigenvalue weighted by molar-refractivity contribution is 5.84. The summed E-state index contributed by atoms with van der Waals surface area (Å²) in [6.45, 7) is 1.67. The van der Waals surface area contributed by atoms with Crippen LogP contribution in [0.15, 0.2) is 60.2 Å². The highest BCUT2D eigenvalue weighted by Crippen LogP contribution is 2.38. The summed E-state index contributed by atoms with van der Waals surface area (Å²) >= 11 is 0. The average Bonchev–Trinajstić information content (AvgIpc) is 3.19. The van der Waals surface area contributed by atoms with Gasteiger partial charge in [0.05, 0.1) is 13.2 Å². The van der Waals surface area contributed by atoms with E-state index in [1.54, 1.807) is 0 Å². The molecule has 1 spiro atoms. The second kappa shape index (κ2) is 8.59. The zero-order valence-corrected chi connectivity index (χ0v) is 15.9. The van der Waals surface area contributed by atoms with Crippen LogP contribution in [-0.2, 0) is 20.8 Å². The number of ether oxygens (including phenoxy) is 3. The summed E-state index contributed by atoms with van der Waals surface area (Å²) in [5, 5.41) is 2.76. The van der Waals surface area contributed by atoms with Crippen LogP contribution < -0.4 is 5.32 Å². The van der Waals surface area contributed by atoms with Crippen LogP contribution in [-0.4, -0.2) is 25.1 Å². The molecule has 0 radical (unpaired) electrons. The van der Waals surface area contributed by atoms with Gasteiger partial charge in [0.1, 0.15) is 6.61 Å². The first-order chi connectivity index (χ1) is 13.7. The minimum Gasteiger partial charge on any atom is -0.444 e. The smallest absolute Gasteiger partial charge is 0.411 e. The molecule has 0 unspecified atom stereocenters. The number of nitrogens with one attached hydrogen (secondary N) is 1. The van der Waals surface area contributed by atoms with Crippen LogP contribution in [0.5, 0.6) is 0 Å². The molecule has 1 saturated heterocycles. The van der Waals surface area contributed by atoms with E-state index < -0.39 is 6.09 Å². The third-order valence-electron chi connectivity index (χ3n) is 5.21. The van der Waals surface area contributed by atoms with Crippen molar-refractivity contribution in [2.75, 3.05) is 18.5 Å². The summed E-state index contributed by atoms with van der Waals surface area (Å²) in [7, 11) is 0. The first-order valence-corrected chi connectivity index (χ1v) is 9.76. The summed E-state index contributed by atoms with van der Waals surface area (Å²) in [6.07, 6.45) is 5.60. The molecule has 1 N–H and O–H groups in total. The average molecular weight is 379 g/mol. The molecular formula is C23H25NO4. The number of benzene rings is 2. The minimum atomic E-state index is -0.455. The highest BCUT2D eigenvalue weighted by atomic mass is 16.7. The summed E-state index contributed by atoms with van der Waals surface area (Å²) in [5.74, 6) is -0.328. The van der Waals surface area contributed by atoms with Crippen molar-refractivity contribution in [3.8, 4) is 0 Å². The summed E-state index contributed by atoms with van der Waals surface area (Å²) in [6, 6.07) is 17.4. The van der Waals surface area contributed by atoms with Gasteiger partial charge < -0.3 is 14.2 Å². The molecule has 5 heteroatoms. The minimum absolute atomic E-state index is 0.256. The Morgan fingerprint density at radius 3 is 2.36 bits per heavy atom. The molecule has 28 heavy (non-hydrogen) atoms. The van der Waals surface area contributed by atoms with E-state index in [9.17, 15) is 4.79 Å². The van der Waals surface area contributed by atoms with Crippen LogP contribution in [0.3, 0.4) is 0 Å². The van der Waals surface area contributed by atoms with E-state index in [2.05, 4.69) is 11.4 Å². The molecular weight excluding hydrogens is 354 g/mol. The van der Waals surface area contributed by atoms with E-state index in [4.69, 9.17) is 14.2 Å². The lowest BCUT2D eigenvalue weighted by Gasteiger charge is -2.32. The largest absolute Gasteiger partial charge is 0.444 e. The van der Waals surface area contributed by atoms with Crippen molar-refractivity contribution in [2.24, 2.45) is 0 Å². The number of hydrogen-bond acceptors (Lipinski definition) is 4. The zero-order chi connectivity index (χ0) is 19.2. The van der Waals surface area contributed by atoms with Crippen LogP contribution in [0.25, 0.3) is 6.08 Å². The SMILES string of the molecule is O=C(Nc1ccc(C=C2CCC3(CC2)OCCO3)cc1)OCc1ccccc1. The van der Waals surface area contributed by atoms with Gasteiger partial charge in [-0.25, -0.2) is 4.79 Å². The van der Waals surface area contributed by atoms with Gasteiger partial charge in [-0.3, -0.25) is 5.32 Å². The van der Waals surface area contributed by atoms with Crippen LogP contribution in [0.2, 0.25) is 0 Å². The number of carbonyl (C=O) groups is 1. The summed E-state index contributed by atoms with van der Waals surface area (Å²) in [5.41, 5.74) is 4.22. The molecule has 2 aromatic rings. The predicted molar refractivity (Wildman–Crippen MR) is 108 cm³/mol. The Morgan fingerprint density at radius 1 is 1.00 bits per heavy atom. The lowest BCUT2D eigenvalue weighted by atomic mass is 9.88. The Kier molecular flexibility index (Phi) is 5.74. The van der Waals surface area contributed by atoms with Gasteiger partial charge in [-0.1, -0.05) is 54.1 Å². The monoisotopic (exact) mass is 379 g/mol. The van der Waals surface area contributed by atoms with Crippen LogP contribution in [0.1, 0.15) is 36.8 Å². The van der Waals surface area contributed by atoms with E-state index >= 15 is 0 Å². The summed E-state index contributed by atoms with van der Waals surface area (Å²) < 4.78 is 16.8. The number of carbonyl (C=O) groups excluding carboxylic acids is 1. The van der Waals surface area contributed by atoms with Gasteiger partial charge in [0.15, 0.2) is 5.79 Å².